The van der Waals surface area contributed by atoms with Crippen LogP contribution >= 0.6 is 0 Å². The third-order valence-electron chi connectivity index (χ3n) is 2.85. The van der Waals surface area contributed by atoms with E-state index in [1.807, 2.05) is 40.9 Å². The lowest BCUT2D eigenvalue weighted by Gasteiger charge is -2.19. The molecule has 5 heteroatoms. The quantitative estimate of drug-likeness (QED) is 0.551. The molecule has 6 radical (unpaired) electrons. The first-order valence-electron chi connectivity index (χ1n) is 5.29. The summed E-state index contributed by atoms with van der Waals surface area (Å²) in [4.78, 5) is 4.34. The summed E-state index contributed by atoms with van der Waals surface area (Å²) >= 11 is 0. The number of hydrogen-bond acceptors (Lipinski definition) is 1. The van der Waals surface area contributed by atoms with Crippen LogP contribution in [-0.2, 0) is 5.11 Å². The van der Waals surface area contributed by atoms with E-state index in [1.165, 1.54) is 0 Å². The van der Waals surface area contributed by atoms with Crippen molar-refractivity contribution in [2.45, 2.75) is 5.11 Å². The SMILES string of the molecule is [B]C([B])([B])c1cnc2c3ccccc3ccn12. The van der Waals surface area contributed by atoms with Gasteiger partial charge in [-0.05, 0) is 11.5 Å². The third-order valence-corrected chi connectivity index (χ3v) is 2.85. The van der Waals surface area contributed by atoms with Crippen LogP contribution in [0.5, 0.6) is 0 Å². The molecule has 3 rings (SSSR count). The highest BCUT2D eigenvalue weighted by atomic mass is 15.0. The van der Waals surface area contributed by atoms with E-state index < -0.39 is 5.11 Å². The topological polar surface area (TPSA) is 17.3 Å². The summed E-state index contributed by atoms with van der Waals surface area (Å²) in [6.07, 6.45) is 3.49. The zero-order valence-corrected chi connectivity index (χ0v) is 9.17. The zero-order valence-electron chi connectivity index (χ0n) is 9.17. The number of hydrogen-bond donors (Lipinski definition) is 0. The summed E-state index contributed by atoms with van der Waals surface area (Å²) in [7, 11) is 17.1. The molecule has 17 heavy (non-hydrogen) atoms. The van der Waals surface area contributed by atoms with Gasteiger partial charge in [-0.1, -0.05) is 29.4 Å². The molecule has 0 spiro atoms. The van der Waals surface area contributed by atoms with Gasteiger partial charge in [-0.15, -0.1) is 0 Å². The maximum Gasteiger partial charge on any atom is 0.144 e. The molecule has 2 heterocycles. The van der Waals surface area contributed by atoms with Crippen molar-refractivity contribution in [1.29, 1.82) is 0 Å². The highest BCUT2D eigenvalue weighted by molar-refractivity contribution is 6.58. The Morgan fingerprint density at radius 1 is 1.06 bits per heavy atom. The smallest absolute Gasteiger partial charge is 0.144 e. The molecule has 0 aliphatic rings. The van der Waals surface area contributed by atoms with Crippen molar-refractivity contribution in [1.82, 2.24) is 9.38 Å². The molecule has 0 fully saturated rings. The van der Waals surface area contributed by atoms with Crippen LogP contribution in [0.2, 0.25) is 0 Å². The van der Waals surface area contributed by atoms with Crippen LogP contribution in [0.25, 0.3) is 16.4 Å². The van der Waals surface area contributed by atoms with Gasteiger partial charge in [-0.25, -0.2) is 4.98 Å². The van der Waals surface area contributed by atoms with Gasteiger partial charge in [-0.2, -0.15) is 0 Å². The Morgan fingerprint density at radius 3 is 2.59 bits per heavy atom. The largest absolute Gasteiger partial charge is 0.305 e. The molecule has 2 aromatic heterocycles. The zero-order chi connectivity index (χ0) is 12.0. The van der Waals surface area contributed by atoms with Crippen molar-refractivity contribution in [2.24, 2.45) is 0 Å². The third kappa shape index (κ3) is 1.57. The Hall–Kier alpha value is -1.64. The van der Waals surface area contributed by atoms with Crippen LogP contribution < -0.4 is 0 Å². The molecule has 0 amide bonds. The number of pyridine rings is 1. The number of nitrogens with zero attached hydrogens (tertiary/aromatic N) is 2. The number of imidazole rings is 1. The number of benzene rings is 1. The standard InChI is InChI=1S/C12H7B3N2/c13-12(14,15)10-7-16-11-9-4-2-1-3-8(9)5-6-17(10)11/h1-7H. The van der Waals surface area contributed by atoms with Crippen molar-refractivity contribution in [3.8, 4) is 0 Å². The number of fused-ring (bicyclic) bond motifs is 3. The Bertz CT molecular complexity index is 698. The summed E-state index contributed by atoms with van der Waals surface area (Å²) in [6, 6.07) is 9.98. The van der Waals surface area contributed by atoms with Gasteiger partial charge in [0, 0.05) is 23.5 Å². The van der Waals surface area contributed by atoms with Crippen molar-refractivity contribution in [3.63, 3.8) is 0 Å². The molecule has 0 unspecified atom stereocenters. The predicted octanol–water partition coefficient (Wildman–Crippen LogP) is 1.10. The molecule has 74 valence electrons. The molecular weight excluding hydrogens is 205 g/mol. The second kappa shape index (κ2) is 3.43. The van der Waals surface area contributed by atoms with E-state index in [4.69, 9.17) is 23.5 Å². The van der Waals surface area contributed by atoms with E-state index in [2.05, 4.69) is 4.98 Å². The molecule has 0 aliphatic carbocycles. The van der Waals surface area contributed by atoms with Gasteiger partial charge >= 0.3 is 0 Å². The van der Waals surface area contributed by atoms with Crippen molar-refractivity contribution in [3.05, 3.63) is 48.4 Å². The van der Waals surface area contributed by atoms with Gasteiger partial charge in [0.2, 0.25) is 0 Å². The van der Waals surface area contributed by atoms with E-state index in [1.54, 1.807) is 6.20 Å². The molecule has 0 bridgehead atoms. The first kappa shape index (κ1) is 10.5. The minimum absolute atomic E-state index is 0.582. The van der Waals surface area contributed by atoms with Crippen LogP contribution in [0.1, 0.15) is 5.69 Å². The Balaban J connectivity index is 2.43. The fourth-order valence-corrected chi connectivity index (χ4v) is 2.03. The normalized spacial score (nSPS) is 12.2. The first-order chi connectivity index (χ1) is 8.07. The molecular formula is C12H7B3N2. The minimum Gasteiger partial charge on any atom is -0.305 e. The molecule has 0 atom stereocenters. The summed E-state index contributed by atoms with van der Waals surface area (Å²) in [6.45, 7) is 0. The Labute approximate surface area is 103 Å². The van der Waals surface area contributed by atoms with Gasteiger partial charge in [0.25, 0.3) is 0 Å². The van der Waals surface area contributed by atoms with Gasteiger partial charge in [-0.3, -0.25) is 0 Å². The first-order valence-corrected chi connectivity index (χ1v) is 5.29. The van der Waals surface area contributed by atoms with Gasteiger partial charge < -0.3 is 4.40 Å². The van der Waals surface area contributed by atoms with Crippen molar-refractivity contribution >= 4 is 40.0 Å². The van der Waals surface area contributed by atoms with E-state index in [0.29, 0.717) is 5.69 Å². The summed E-state index contributed by atoms with van der Waals surface area (Å²) in [5, 5.41) is 0.779. The lowest BCUT2D eigenvalue weighted by atomic mass is 9.41. The van der Waals surface area contributed by atoms with E-state index in [0.717, 1.165) is 16.4 Å². The summed E-state index contributed by atoms with van der Waals surface area (Å²) in [5.41, 5.74) is 1.39. The maximum absolute atomic E-state index is 5.71. The van der Waals surface area contributed by atoms with Gasteiger partial charge in [0.15, 0.2) is 0 Å². The fourth-order valence-electron chi connectivity index (χ4n) is 2.03. The average Bonchev–Trinajstić information content (AvgIpc) is 2.72. The second-order valence-corrected chi connectivity index (χ2v) is 4.17. The van der Waals surface area contributed by atoms with Gasteiger partial charge in [0.1, 0.15) is 5.65 Å². The van der Waals surface area contributed by atoms with E-state index >= 15 is 0 Å². The minimum atomic E-state index is -1.39. The Kier molecular flexibility index (Phi) is 2.12. The lowest BCUT2D eigenvalue weighted by molar-refractivity contribution is 1.03. The van der Waals surface area contributed by atoms with Crippen LogP contribution in [0.15, 0.2) is 42.7 Å². The van der Waals surface area contributed by atoms with Crippen molar-refractivity contribution in [2.75, 3.05) is 0 Å². The number of aromatic nitrogens is 2. The van der Waals surface area contributed by atoms with E-state index in [-0.39, 0.29) is 0 Å². The molecule has 0 saturated heterocycles. The molecule has 0 aliphatic heterocycles. The molecule has 2 nitrogen and oxygen atoms in total. The Morgan fingerprint density at radius 2 is 1.82 bits per heavy atom. The maximum atomic E-state index is 5.71. The fraction of sp³-hybridized carbons (Fsp3) is 0.0833. The molecule has 0 saturated carbocycles. The predicted molar refractivity (Wildman–Crippen MR) is 71.6 cm³/mol. The second-order valence-electron chi connectivity index (χ2n) is 4.17. The van der Waals surface area contributed by atoms with Crippen LogP contribution in [0.4, 0.5) is 0 Å². The molecule has 3 aromatic rings. The average molecular weight is 212 g/mol. The highest BCUT2D eigenvalue weighted by Crippen LogP contribution is 2.22. The van der Waals surface area contributed by atoms with Crippen LogP contribution in [0.3, 0.4) is 0 Å². The van der Waals surface area contributed by atoms with E-state index in [9.17, 15) is 0 Å². The van der Waals surface area contributed by atoms with Crippen molar-refractivity contribution < 1.29 is 0 Å². The lowest BCUT2D eigenvalue weighted by Crippen LogP contribution is -2.28. The van der Waals surface area contributed by atoms with Crippen LogP contribution in [-0.4, -0.2) is 32.9 Å². The molecule has 1 aromatic carbocycles. The number of rotatable bonds is 1. The van der Waals surface area contributed by atoms with Crippen LogP contribution in [0, 0.1) is 0 Å². The van der Waals surface area contributed by atoms with Gasteiger partial charge in [0.05, 0.1) is 23.5 Å². The summed E-state index contributed by atoms with van der Waals surface area (Å²) in [5.74, 6) is 0. The monoisotopic (exact) mass is 212 g/mol. The highest BCUT2D eigenvalue weighted by Gasteiger charge is 2.17. The molecule has 0 N–H and O–H groups in total. The summed E-state index contributed by atoms with van der Waals surface area (Å²) < 4.78 is 1.82.